The number of fused-ring (bicyclic) bond motifs is 1. The van der Waals surface area contributed by atoms with E-state index in [0.29, 0.717) is 6.42 Å². The zero-order valence-corrected chi connectivity index (χ0v) is 22.8. The number of halogens is 1. The molecule has 12 heteroatoms. The zero-order chi connectivity index (χ0) is 26.8. The molecule has 4 rings (SSSR count). The minimum atomic E-state index is -3.96. The summed E-state index contributed by atoms with van der Waals surface area (Å²) in [7, 11) is -7.32. The van der Waals surface area contributed by atoms with Gasteiger partial charge in [0.15, 0.2) is 0 Å². The van der Waals surface area contributed by atoms with E-state index in [1.54, 1.807) is 18.2 Å². The van der Waals surface area contributed by atoms with Gasteiger partial charge in [-0.25, -0.2) is 26.5 Å². The molecule has 0 bridgehead atoms. The predicted octanol–water partition coefficient (Wildman–Crippen LogP) is 3.52. The lowest BCUT2D eigenvalue weighted by molar-refractivity contribution is 0.573. The quantitative estimate of drug-likeness (QED) is 0.373. The molecular formula is C25H34FN5O4S2. The fourth-order valence-electron chi connectivity index (χ4n) is 4.74. The minimum absolute atomic E-state index is 0.0188. The van der Waals surface area contributed by atoms with Gasteiger partial charge in [-0.05, 0) is 36.8 Å². The molecule has 1 saturated heterocycles. The third-order valence-corrected chi connectivity index (χ3v) is 9.53. The molecule has 3 aromatic rings. The van der Waals surface area contributed by atoms with Crippen molar-refractivity contribution in [1.29, 1.82) is 4.78 Å². The second kappa shape index (κ2) is 11.0. The average molecular weight is 552 g/mol. The molecule has 2 heterocycles. The summed E-state index contributed by atoms with van der Waals surface area (Å²) in [4.78, 5) is 15.4. The maximum Gasteiger partial charge on any atom is 0.280 e. The van der Waals surface area contributed by atoms with E-state index in [0.717, 1.165) is 78.6 Å². The van der Waals surface area contributed by atoms with Crippen molar-refractivity contribution in [2.75, 3.05) is 43.1 Å². The number of anilines is 1. The second-order valence-electron chi connectivity index (χ2n) is 9.47. The van der Waals surface area contributed by atoms with E-state index in [4.69, 9.17) is 4.78 Å². The van der Waals surface area contributed by atoms with Gasteiger partial charge in [-0.15, -0.1) is 0 Å². The number of unbranched alkanes of at least 4 members (excludes halogenated alkanes) is 4. The standard InChI is InChI=1S/C25H34FN5O4S2/c1-3-4-5-6-7-16-37(27,35)24-11-9-20(18-22(24)26)30-25(32)21-17-19(29-14-12-28-13-15-29)8-10-23(21)31(30)36(2,33)34/h8-11,17-18,27-28H,3-7,12-16H2,1-2H3/t37-/m1/s1. The molecule has 202 valence electrons. The van der Waals surface area contributed by atoms with Gasteiger partial charge in [-0.2, -0.15) is 4.09 Å². The number of benzene rings is 2. The first-order valence-corrected chi connectivity index (χ1v) is 16.1. The van der Waals surface area contributed by atoms with Crippen LogP contribution in [0.25, 0.3) is 16.6 Å². The van der Waals surface area contributed by atoms with Gasteiger partial charge < -0.3 is 10.2 Å². The van der Waals surface area contributed by atoms with Crippen LogP contribution in [0, 0.1) is 10.6 Å². The predicted molar refractivity (Wildman–Crippen MR) is 146 cm³/mol. The van der Waals surface area contributed by atoms with Crippen LogP contribution in [0.5, 0.6) is 0 Å². The first kappa shape index (κ1) is 27.3. The first-order chi connectivity index (χ1) is 17.5. The zero-order valence-electron chi connectivity index (χ0n) is 21.2. The lowest BCUT2D eigenvalue weighted by Crippen LogP contribution is -2.43. The Morgan fingerprint density at radius 1 is 0.973 bits per heavy atom. The van der Waals surface area contributed by atoms with E-state index in [1.165, 1.54) is 12.1 Å². The number of hydrogen-bond acceptors (Lipinski definition) is 7. The summed E-state index contributed by atoms with van der Waals surface area (Å²) in [6.45, 7) is 5.20. The van der Waals surface area contributed by atoms with Crippen LogP contribution in [0.2, 0.25) is 0 Å². The summed E-state index contributed by atoms with van der Waals surface area (Å²) >= 11 is 0. The molecule has 2 N–H and O–H groups in total. The molecule has 1 aromatic heterocycles. The molecule has 0 spiro atoms. The summed E-state index contributed by atoms with van der Waals surface area (Å²) in [5.74, 6) is -0.851. The van der Waals surface area contributed by atoms with Gasteiger partial charge in [-0.3, -0.25) is 4.79 Å². The monoisotopic (exact) mass is 551 g/mol. The highest BCUT2D eigenvalue weighted by atomic mass is 32.2. The Morgan fingerprint density at radius 2 is 1.65 bits per heavy atom. The van der Waals surface area contributed by atoms with Gasteiger partial charge in [0.25, 0.3) is 5.56 Å². The highest BCUT2D eigenvalue weighted by Gasteiger charge is 2.24. The van der Waals surface area contributed by atoms with Gasteiger partial charge in [0.2, 0.25) is 10.0 Å². The van der Waals surface area contributed by atoms with Crippen molar-refractivity contribution < 1.29 is 17.0 Å². The molecule has 2 aromatic carbocycles. The van der Waals surface area contributed by atoms with Crippen LogP contribution < -0.4 is 15.8 Å². The number of hydrogen-bond donors (Lipinski definition) is 2. The lowest BCUT2D eigenvalue weighted by Gasteiger charge is -2.29. The SMILES string of the molecule is CCCCCCC[S@@](=N)(=O)c1ccc(-n2c(=O)c3cc(N4CCNCC4)ccc3n2S(C)(=O)=O)cc1F. The fourth-order valence-corrected chi connectivity index (χ4v) is 7.22. The van der Waals surface area contributed by atoms with Crippen molar-refractivity contribution >= 4 is 36.3 Å². The fraction of sp³-hybridized carbons (Fsp3) is 0.480. The van der Waals surface area contributed by atoms with Crippen molar-refractivity contribution in [3.8, 4) is 5.69 Å². The first-order valence-electron chi connectivity index (χ1n) is 12.5. The molecular weight excluding hydrogens is 517 g/mol. The topological polar surface area (TPSA) is 117 Å². The van der Waals surface area contributed by atoms with Gasteiger partial charge in [0.05, 0.1) is 37.5 Å². The van der Waals surface area contributed by atoms with Crippen LogP contribution in [0.1, 0.15) is 39.0 Å². The van der Waals surface area contributed by atoms with Gasteiger partial charge in [0, 0.05) is 43.7 Å². The Balaban J connectivity index is 1.75. The molecule has 0 unspecified atom stereocenters. The van der Waals surface area contributed by atoms with E-state index in [9.17, 15) is 17.4 Å². The van der Waals surface area contributed by atoms with E-state index in [-0.39, 0.29) is 27.2 Å². The minimum Gasteiger partial charge on any atom is -0.369 e. The average Bonchev–Trinajstić information content (AvgIpc) is 3.16. The Hall–Kier alpha value is -2.70. The van der Waals surface area contributed by atoms with Crippen molar-refractivity contribution in [3.63, 3.8) is 0 Å². The van der Waals surface area contributed by atoms with Crippen LogP contribution in [-0.2, 0) is 19.8 Å². The molecule has 0 radical (unpaired) electrons. The van der Waals surface area contributed by atoms with Crippen molar-refractivity contribution in [3.05, 3.63) is 52.6 Å². The smallest absolute Gasteiger partial charge is 0.280 e. The number of nitrogens with one attached hydrogen (secondary N) is 2. The molecule has 9 nitrogen and oxygen atoms in total. The Kier molecular flexibility index (Phi) is 8.10. The number of aromatic nitrogens is 2. The van der Waals surface area contributed by atoms with E-state index in [1.807, 2.05) is 0 Å². The maximum atomic E-state index is 15.2. The van der Waals surface area contributed by atoms with E-state index < -0.39 is 31.1 Å². The number of nitrogens with zero attached hydrogens (tertiary/aromatic N) is 3. The Bertz CT molecular complexity index is 1560. The third kappa shape index (κ3) is 5.75. The van der Waals surface area contributed by atoms with E-state index >= 15 is 4.39 Å². The summed E-state index contributed by atoms with van der Waals surface area (Å²) in [6.07, 6.45) is 5.45. The molecule has 0 aliphatic carbocycles. The van der Waals surface area contributed by atoms with Gasteiger partial charge >= 0.3 is 0 Å². The van der Waals surface area contributed by atoms with Crippen LogP contribution in [0.3, 0.4) is 0 Å². The largest absolute Gasteiger partial charge is 0.369 e. The van der Waals surface area contributed by atoms with Crippen LogP contribution in [-0.4, -0.2) is 59.6 Å². The molecule has 0 amide bonds. The summed E-state index contributed by atoms with van der Waals surface area (Å²) in [6, 6.07) is 8.60. The molecule has 0 saturated carbocycles. The second-order valence-corrected chi connectivity index (χ2v) is 13.5. The molecule has 1 atom stereocenters. The Morgan fingerprint density at radius 3 is 2.30 bits per heavy atom. The molecule has 1 aliphatic rings. The van der Waals surface area contributed by atoms with E-state index in [2.05, 4.69) is 17.1 Å². The van der Waals surface area contributed by atoms with Gasteiger partial charge in [-0.1, -0.05) is 32.6 Å². The van der Waals surface area contributed by atoms with Crippen molar-refractivity contribution in [2.45, 2.75) is 43.9 Å². The van der Waals surface area contributed by atoms with Crippen LogP contribution >= 0.6 is 0 Å². The highest BCUT2D eigenvalue weighted by Crippen LogP contribution is 2.26. The van der Waals surface area contributed by atoms with Gasteiger partial charge in [0.1, 0.15) is 5.82 Å². The van der Waals surface area contributed by atoms with Crippen molar-refractivity contribution in [2.24, 2.45) is 0 Å². The number of rotatable bonds is 10. The normalized spacial score (nSPS) is 16.2. The number of piperazine rings is 1. The molecule has 1 fully saturated rings. The molecule has 37 heavy (non-hydrogen) atoms. The van der Waals surface area contributed by atoms with Crippen LogP contribution in [0.4, 0.5) is 10.1 Å². The highest BCUT2D eigenvalue weighted by molar-refractivity contribution is 7.92. The summed E-state index contributed by atoms with van der Waals surface area (Å²) < 4.78 is 63.7. The maximum absolute atomic E-state index is 15.2. The third-order valence-electron chi connectivity index (χ3n) is 6.64. The Labute approximate surface area is 217 Å². The lowest BCUT2D eigenvalue weighted by atomic mass is 10.2. The molecule has 1 aliphatic heterocycles. The summed E-state index contributed by atoms with van der Waals surface area (Å²) in [5, 5.41) is 3.46. The van der Waals surface area contributed by atoms with Crippen molar-refractivity contribution in [1.82, 2.24) is 14.1 Å². The summed E-state index contributed by atoms with van der Waals surface area (Å²) in [5.41, 5.74) is 0.368. The van der Waals surface area contributed by atoms with Crippen LogP contribution in [0.15, 0.2) is 46.1 Å².